The largest absolute Gasteiger partial charge is 0.381 e. The van der Waals surface area contributed by atoms with Crippen molar-refractivity contribution in [2.75, 3.05) is 26.8 Å². The molecule has 1 saturated heterocycles. The van der Waals surface area contributed by atoms with Crippen molar-refractivity contribution in [2.45, 2.75) is 44.7 Å². The Morgan fingerprint density at radius 2 is 1.70 bits per heavy atom. The van der Waals surface area contributed by atoms with Crippen molar-refractivity contribution >= 4 is 0 Å². The summed E-state index contributed by atoms with van der Waals surface area (Å²) in [6.07, 6.45) is 2.22. The van der Waals surface area contributed by atoms with E-state index in [1.807, 2.05) is 0 Å². The molecule has 3 heteroatoms. The van der Waals surface area contributed by atoms with Crippen molar-refractivity contribution in [2.24, 2.45) is 5.73 Å². The Morgan fingerprint density at radius 1 is 1.15 bits per heavy atom. The summed E-state index contributed by atoms with van der Waals surface area (Å²) in [5.74, 6) is 0.577. The summed E-state index contributed by atoms with van der Waals surface area (Å²) in [5, 5.41) is 0. The van der Waals surface area contributed by atoms with Gasteiger partial charge in [0.2, 0.25) is 0 Å². The van der Waals surface area contributed by atoms with Gasteiger partial charge in [-0.1, -0.05) is 38.1 Å². The highest BCUT2D eigenvalue weighted by atomic mass is 16.5. The molecule has 2 rings (SSSR count). The third-order valence-corrected chi connectivity index (χ3v) is 4.47. The van der Waals surface area contributed by atoms with E-state index in [4.69, 9.17) is 10.5 Å². The molecular weight excluding hydrogens is 248 g/mol. The summed E-state index contributed by atoms with van der Waals surface area (Å²) in [6.45, 7) is 6.86. The van der Waals surface area contributed by atoms with Crippen LogP contribution in [-0.4, -0.2) is 37.7 Å². The number of hydrogen-bond donors (Lipinski definition) is 1. The SMILES string of the molecule is CC(C)c1ccc(C(CN)N(C)C2CCOCC2)cc1. The van der Waals surface area contributed by atoms with Crippen molar-refractivity contribution in [1.29, 1.82) is 0 Å². The van der Waals surface area contributed by atoms with Crippen LogP contribution in [0.15, 0.2) is 24.3 Å². The predicted molar refractivity (Wildman–Crippen MR) is 83.9 cm³/mol. The summed E-state index contributed by atoms with van der Waals surface area (Å²) in [5.41, 5.74) is 8.75. The Hall–Kier alpha value is -0.900. The van der Waals surface area contributed by atoms with Gasteiger partial charge in [-0.05, 0) is 36.9 Å². The van der Waals surface area contributed by atoms with E-state index in [2.05, 4.69) is 50.1 Å². The molecule has 1 atom stereocenters. The van der Waals surface area contributed by atoms with E-state index in [0.29, 0.717) is 24.5 Å². The topological polar surface area (TPSA) is 38.5 Å². The molecular formula is C17H28N2O. The van der Waals surface area contributed by atoms with Gasteiger partial charge in [0.15, 0.2) is 0 Å². The molecule has 1 aliphatic rings. The summed E-state index contributed by atoms with van der Waals surface area (Å²) in [6, 6.07) is 9.84. The number of ether oxygens (including phenoxy) is 1. The Morgan fingerprint density at radius 3 is 2.20 bits per heavy atom. The van der Waals surface area contributed by atoms with Crippen LogP contribution >= 0.6 is 0 Å². The van der Waals surface area contributed by atoms with Crippen LogP contribution in [0, 0.1) is 0 Å². The van der Waals surface area contributed by atoms with Crippen molar-refractivity contribution in [3.05, 3.63) is 35.4 Å². The Labute approximate surface area is 123 Å². The first kappa shape index (κ1) is 15.5. The van der Waals surface area contributed by atoms with Gasteiger partial charge >= 0.3 is 0 Å². The number of nitrogens with zero attached hydrogens (tertiary/aromatic N) is 1. The number of benzene rings is 1. The molecule has 20 heavy (non-hydrogen) atoms. The molecule has 0 amide bonds. The Bertz CT molecular complexity index is 396. The summed E-state index contributed by atoms with van der Waals surface area (Å²) in [7, 11) is 2.20. The average molecular weight is 276 g/mol. The molecule has 1 heterocycles. The van der Waals surface area contributed by atoms with Crippen LogP contribution in [-0.2, 0) is 4.74 Å². The van der Waals surface area contributed by atoms with Crippen LogP contribution in [0.5, 0.6) is 0 Å². The fourth-order valence-corrected chi connectivity index (χ4v) is 2.99. The Balaban J connectivity index is 2.09. The molecule has 1 aromatic carbocycles. The van der Waals surface area contributed by atoms with Gasteiger partial charge in [-0.2, -0.15) is 0 Å². The standard InChI is InChI=1S/C17H28N2O/c1-13(2)14-4-6-15(7-5-14)17(12-18)19(3)16-8-10-20-11-9-16/h4-7,13,16-17H,8-12,18H2,1-3H3. The zero-order chi connectivity index (χ0) is 14.5. The molecule has 112 valence electrons. The maximum absolute atomic E-state index is 6.04. The third kappa shape index (κ3) is 3.60. The number of rotatable bonds is 5. The first-order chi connectivity index (χ1) is 9.63. The molecule has 2 N–H and O–H groups in total. The molecule has 0 bridgehead atoms. The molecule has 3 nitrogen and oxygen atoms in total. The lowest BCUT2D eigenvalue weighted by Crippen LogP contribution is -2.41. The molecule has 1 unspecified atom stereocenters. The van der Waals surface area contributed by atoms with Gasteiger partial charge in [-0.3, -0.25) is 4.90 Å². The van der Waals surface area contributed by atoms with Crippen LogP contribution in [0.2, 0.25) is 0 Å². The van der Waals surface area contributed by atoms with Crippen LogP contribution < -0.4 is 5.73 Å². The van der Waals surface area contributed by atoms with Crippen molar-refractivity contribution in [3.8, 4) is 0 Å². The second kappa shape index (κ2) is 7.21. The lowest BCUT2D eigenvalue weighted by atomic mass is 9.97. The fraction of sp³-hybridized carbons (Fsp3) is 0.647. The van der Waals surface area contributed by atoms with Gasteiger partial charge in [0.05, 0.1) is 0 Å². The van der Waals surface area contributed by atoms with E-state index in [1.54, 1.807) is 0 Å². The number of nitrogens with two attached hydrogens (primary N) is 1. The minimum absolute atomic E-state index is 0.305. The van der Waals surface area contributed by atoms with Crippen molar-refractivity contribution in [1.82, 2.24) is 4.90 Å². The smallest absolute Gasteiger partial charge is 0.0480 e. The molecule has 1 aliphatic heterocycles. The van der Waals surface area contributed by atoms with Crippen LogP contribution in [0.1, 0.15) is 49.8 Å². The van der Waals surface area contributed by atoms with Gasteiger partial charge in [0.1, 0.15) is 0 Å². The van der Waals surface area contributed by atoms with Gasteiger partial charge < -0.3 is 10.5 Å². The van der Waals surface area contributed by atoms with E-state index >= 15 is 0 Å². The van der Waals surface area contributed by atoms with Gasteiger partial charge in [0.25, 0.3) is 0 Å². The zero-order valence-corrected chi connectivity index (χ0v) is 13.0. The lowest BCUT2D eigenvalue weighted by Gasteiger charge is -2.37. The molecule has 1 aromatic rings. The van der Waals surface area contributed by atoms with E-state index in [-0.39, 0.29) is 0 Å². The second-order valence-corrected chi connectivity index (χ2v) is 6.08. The van der Waals surface area contributed by atoms with Gasteiger partial charge in [0, 0.05) is 31.8 Å². The monoisotopic (exact) mass is 276 g/mol. The van der Waals surface area contributed by atoms with E-state index in [0.717, 1.165) is 26.1 Å². The van der Waals surface area contributed by atoms with E-state index in [1.165, 1.54) is 11.1 Å². The number of hydrogen-bond acceptors (Lipinski definition) is 3. The first-order valence-electron chi connectivity index (χ1n) is 7.73. The maximum Gasteiger partial charge on any atom is 0.0480 e. The molecule has 1 fully saturated rings. The second-order valence-electron chi connectivity index (χ2n) is 6.08. The normalized spacial score (nSPS) is 18.7. The zero-order valence-electron chi connectivity index (χ0n) is 13.0. The van der Waals surface area contributed by atoms with Crippen LogP contribution in [0.3, 0.4) is 0 Å². The minimum atomic E-state index is 0.305. The van der Waals surface area contributed by atoms with Crippen molar-refractivity contribution in [3.63, 3.8) is 0 Å². The molecule has 0 spiro atoms. The van der Waals surface area contributed by atoms with E-state index in [9.17, 15) is 0 Å². The molecule has 0 radical (unpaired) electrons. The summed E-state index contributed by atoms with van der Waals surface area (Å²) >= 11 is 0. The van der Waals surface area contributed by atoms with Gasteiger partial charge in [-0.15, -0.1) is 0 Å². The summed E-state index contributed by atoms with van der Waals surface area (Å²) < 4.78 is 5.45. The summed E-state index contributed by atoms with van der Waals surface area (Å²) in [4.78, 5) is 2.44. The first-order valence-corrected chi connectivity index (χ1v) is 7.73. The highest BCUT2D eigenvalue weighted by molar-refractivity contribution is 5.27. The highest BCUT2D eigenvalue weighted by Gasteiger charge is 2.25. The maximum atomic E-state index is 6.04. The van der Waals surface area contributed by atoms with Crippen molar-refractivity contribution < 1.29 is 4.74 Å². The molecule has 0 aromatic heterocycles. The van der Waals surface area contributed by atoms with Crippen LogP contribution in [0.25, 0.3) is 0 Å². The minimum Gasteiger partial charge on any atom is -0.381 e. The fourth-order valence-electron chi connectivity index (χ4n) is 2.99. The average Bonchev–Trinajstić information content (AvgIpc) is 2.49. The Kier molecular flexibility index (Phi) is 5.58. The molecule has 0 saturated carbocycles. The quantitative estimate of drug-likeness (QED) is 0.898. The highest BCUT2D eigenvalue weighted by Crippen LogP contribution is 2.26. The van der Waals surface area contributed by atoms with Gasteiger partial charge in [-0.25, -0.2) is 0 Å². The third-order valence-electron chi connectivity index (χ3n) is 4.47. The van der Waals surface area contributed by atoms with Crippen LogP contribution in [0.4, 0.5) is 0 Å². The number of likely N-dealkylation sites (N-methyl/N-ethyl adjacent to an activating group) is 1. The van der Waals surface area contributed by atoms with E-state index < -0.39 is 0 Å². The molecule has 0 aliphatic carbocycles. The predicted octanol–water partition coefficient (Wildman–Crippen LogP) is 2.92. The lowest BCUT2D eigenvalue weighted by molar-refractivity contribution is 0.0294.